The maximum atomic E-state index is 13.1. The van der Waals surface area contributed by atoms with Crippen molar-refractivity contribution >= 4 is 12.0 Å². The van der Waals surface area contributed by atoms with Gasteiger partial charge in [-0.3, -0.25) is 4.79 Å². The normalized spacial score (nSPS) is 20.7. The zero-order chi connectivity index (χ0) is 18.4. The number of cyclic esters (lactones) is 1. The summed E-state index contributed by atoms with van der Waals surface area (Å²) in [6.45, 7) is 10.4. The van der Waals surface area contributed by atoms with Crippen molar-refractivity contribution in [3.63, 3.8) is 0 Å². The van der Waals surface area contributed by atoms with Gasteiger partial charge < -0.3 is 9.47 Å². The molecule has 1 saturated heterocycles. The van der Waals surface area contributed by atoms with Gasteiger partial charge in [-0.25, -0.2) is 9.69 Å². The standard InChI is InChI=1S/C20H27NO4/c1-5-15(3)17-13-25-19(23)21(17)18(22)20(4,6-2)14-24-12-16-10-8-7-9-11-16/h6-11,15,17H,2,5,12-14H2,1,3-4H3/t15?,17-,20-/m1/s1. The molecule has 1 aliphatic rings. The van der Waals surface area contributed by atoms with E-state index >= 15 is 0 Å². The fraction of sp³-hybridized carbons (Fsp3) is 0.500. The van der Waals surface area contributed by atoms with Crippen LogP contribution in [0.5, 0.6) is 0 Å². The zero-order valence-electron chi connectivity index (χ0n) is 15.2. The molecule has 136 valence electrons. The van der Waals surface area contributed by atoms with Crippen molar-refractivity contribution in [2.45, 2.75) is 39.8 Å². The predicted molar refractivity (Wildman–Crippen MR) is 95.8 cm³/mol. The lowest BCUT2D eigenvalue weighted by Gasteiger charge is -2.32. The van der Waals surface area contributed by atoms with E-state index < -0.39 is 11.5 Å². The lowest BCUT2D eigenvalue weighted by Crippen LogP contribution is -2.50. The summed E-state index contributed by atoms with van der Waals surface area (Å²) in [5.74, 6) is -0.141. The number of carbonyl (C=O) groups is 2. The largest absolute Gasteiger partial charge is 0.447 e. The maximum Gasteiger partial charge on any atom is 0.417 e. The summed E-state index contributed by atoms with van der Waals surface area (Å²) >= 11 is 0. The van der Waals surface area contributed by atoms with E-state index in [2.05, 4.69) is 6.58 Å². The predicted octanol–water partition coefficient (Wildman–Crippen LogP) is 3.79. The molecule has 5 heteroatoms. The monoisotopic (exact) mass is 345 g/mol. The third-order valence-electron chi connectivity index (χ3n) is 4.88. The van der Waals surface area contributed by atoms with Gasteiger partial charge >= 0.3 is 6.09 Å². The smallest absolute Gasteiger partial charge is 0.417 e. The van der Waals surface area contributed by atoms with Gasteiger partial charge in [0.25, 0.3) is 0 Å². The molecule has 25 heavy (non-hydrogen) atoms. The Morgan fingerprint density at radius 2 is 2.16 bits per heavy atom. The number of hydrogen-bond donors (Lipinski definition) is 0. The van der Waals surface area contributed by atoms with E-state index in [0.717, 1.165) is 12.0 Å². The maximum absolute atomic E-state index is 13.1. The summed E-state index contributed by atoms with van der Waals surface area (Å²) in [5, 5.41) is 0. The first-order chi connectivity index (χ1) is 11.9. The molecule has 0 bridgehead atoms. The molecule has 5 nitrogen and oxygen atoms in total. The number of nitrogens with zero attached hydrogens (tertiary/aromatic N) is 1. The highest BCUT2D eigenvalue weighted by atomic mass is 16.6. The molecule has 2 rings (SSSR count). The summed E-state index contributed by atoms with van der Waals surface area (Å²) in [6.07, 6.45) is 1.84. The summed E-state index contributed by atoms with van der Waals surface area (Å²) in [7, 11) is 0. The van der Waals surface area contributed by atoms with Gasteiger partial charge in [0.2, 0.25) is 5.91 Å². The Morgan fingerprint density at radius 3 is 2.76 bits per heavy atom. The number of hydrogen-bond acceptors (Lipinski definition) is 4. The molecule has 0 radical (unpaired) electrons. The first kappa shape index (κ1) is 19.2. The van der Waals surface area contributed by atoms with Crippen LogP contribution < -0.4 is 0 Å². The Labute approximate surface area is 149 Å². The second-order valence-corrected chi connectivity index (χ2v) is 6.80. The number of imide groups is 1. The fourth-order valence-electron chi connectivity index (χ4n) is 2.80. The van der Waals surface area contributed by atoms with E-state index in [1.54, 1.807) is 13.0 Å². The molecule has 1 fully saturated rings. The second-order valence-electron chi connectivity index (χ2n) is 6.80. The van der Waals surface area contributed by atoms with Crippen molar-refractivity contribution in [1.29, 1.82) is 0 Å². The Bertz CT molecular complexity index is 615. The molecule has 1 aromatic carbocycles. The molecular weight excluding hydrogens is 318 g/mol. The molecule has 0 aliphatic carbocycles. The van der Waals surface area contributed by atoms with Gasteiger partial charge in [-0.15, -0.1) is 6.58 Å². The third kappa shape index (κ3) is 4.28. The van der Waals surface area contributed by atoms with Crippen LogP contribution in [-0.4, -0.2) is 36.2 Å². The molecular formula is C20H27NO4. The van der Waals surface area contributed by atoms with Crippen LogP contribution in [0.15, 0.2) is 43.0 Å². The van der Waals surface area contributed by atoms with Crippen molar-refractivity contribution in [2.24, 2.45) is 11.3 Å². The van der Waals surface area contributed by atoms with E-state index in [9.17, 15) is 9.59 Å². The summed E-state index contributed by atoms with van der Waals surface area (Å²) in [4.78, 5) is 26.4. The molecule has 1 aliphatic heterocycles. The first-order valence-corrected chi connectivity index (χ1v) is 8.68. The van der Waals surface area contributed by atoms with Gasteiger partial charge in [-0.2, -0.15) is 0 Å². The van der Waals surface area contributed by atoms with Gasteiger partial charge in [0.05, 0.1) is 24.7 Å². The fourth-order valence-corrected chi connectivity index (χ4v) is 2.80. The average molecular weight is 345 g/mol. The highest BCUT2D eigenvalue weighted by Crippen LogP contribution is 2.30. The number of amides is 2. The van der Waals surface area contributed by atoms with Crippen molar-refractivity contribution in [3.8, 4) is 0 Å². The minimum Gasteiger partial charge on any atom is -0.447 e. The molecule has 0 spiro atoms. The number of ether oxygens (including phenoxy) is 2. The zero-order valence-corrected chi connectivity index (χ0v) is 15.2. The highest BCUT2D eigenvalue weighted by Gasteiger charge is 2.46. The van der Waals surface area contributed by atoms with Crippen LogP contribution in [0.4, 0.5) is 4.79 Å². The summed E-state index contributed by atoms with van der Waals surface area (Å²) in [5.41, 5.74) is 0.0450. The van der Waals surface area contributed by atoms with Crippen molar-refractivity contribution in [3.05, 3.63) is 48.6 Å². The van der Waals surface area contributed by atoms with Crippen LogP contribution in [-0.2, 0) is 20.9 Å². The topological polar surface area (TPSA) is 55.8 Å². The Kier molecular flexibility index (Phi) is 6.37. The van der Waals surface area contributed by atoms with Crippen LogP contribution in [0.1, 0.15) is 32.8 Å². The summed E-state index contributed by atoms with van der Waals surface area (Å²) in [6, 6.07) is 9.50. The SMILES string of the molecule is C=C[C@](C)(COCc1ccccc1)C(=O)N1C(=O)OC[C@@H]1C(C)CC. The highest BCUT2D eigenvalue weighted by molar-refractivity contribution is 5.97. The van der Waals surface area contributed by atoms with Gasteiger partial charge in [-0.05, 0) is 18.4 Å². The average Bonchev–Trinajstić information content (AvgIpc) is 3.02. The molecule has 1 heterocycles. The van der Waals surface area contributed by atoms with E-state index in [-0.39, 0.29) is 31.1 Å². The molecule has 0 aromatic heterocycles. The van der Waals surface area contributed by atoms with E-state index in [1.807, 2.05) is 44.2 Å². The molecule has 3 atom stereocenters. The van der Waals surface area contributed by atoms with Crippen LogP contribution >= 0.6 is 0 Å². The van der Waals surface area contributed by atoms with E-state index in [0.29, 0.717) is 6.61 Å². The van der Waals surface area contributed by atoms with Crippen molar-refractivity contribution in [1.82, 2.24) is 4.90 Å². The van der Waals surface area contributed by atoms with Crippen LogP contribution in [0.2, 0.25) is 0 Å². The molecule has 1 aromatic rings. The van der Waals surface area contributed by atoms with Crippen LogP contribution in [0.3, 0.4) is 0 Å². The minimum atomic E-state index is -0.982. The Morgan fingerprint density at radius 1 is 1.48 bits per heavy atom. The molecule has 0 saturated carbocycles. The van der Waals surface area contributed by atoms with Gasteiger partial charge in [0.1, 0.15) is 6.61 Å². The van der Waals surface area contributed by atoms with Gasteiger partial charge in [0.15, 0.2) is 0 Å². The van der Waals surface area contributed by atoms with E-state index in [4.69, 9.17) is 9.47 Å². The number of benzene rings is 1. The summed E-state index contributed by atoms with van der Waals surface area (Å²) < 4.78 is 10.9. The van der Waals surface area contributed by atoms with Gasteiger partial charge in [-0.1, -0.05) is 56.7 Å². The van der Waals surface area contributed by atoms with E-state index in [1.165, 1.54) is 4.90 Å². The Balaban J connectivity index is 2.07. The minimum absolute atomic E-state index is 0.154. The quantitative estimate of drug-likeness (QED) is 0.673. The van der Waals surface area contributed by atoms with Crippen LogP contribution in [0.25, 0.3) is 0 Å². The molecule has 2 amide bonds. The second kappa shape index (κ2) is 8.30. The lowest BCUT2D eigenvalue weighted by molar-refractivity contribution is -0.140. The van der Waals surface area contributed by atoms with Crippen molar-refractivity contribution in [2.75, 3.05) is 13.2 Å². The number of carbonyl (C=O) groups excluding carboxylic acids is 2. The first-order valence-electron chi connectivity index (χ1n) is 8.68. The lowest BCUT2D eigenvalue weighted by atomic mass is 9.88. The van der Waals surface area contributed by atoms with Crippen molar-refractivity contribution < 1.29 is 19.1 Å². The third-order valence-corrected chi connectivity index (χ3v) is 4.88. The number of rotatable bonds is 8. The van der Waals surface area contributed by atoms with Crippen LogP contribution in [0, 0.1) is 11.3 Å². The molecule has 0 N–H and O–H groups in total. The molecule has 1 unspecified atom stereocenters. The Hall–Kier alpha value is -2.14. The van der Waals surface area contributed by atoms with Gasteiger partial charge in [0, 0.05) is 0 Å².